The molecule has 0 radical (unpaired) electrons. The van der Waals surface area contributed by atoms with E-state index in [9.17, 15) is 13.5 Å². The molecule has 0 spiro atoms. The van der Waals surface area contributed by atoms with Gasteiger partial charge in [0.2, 0.25) is 10.0 Å². The molecular formula is C18H21NO4S. The third-order valence-corrected chi connectivity index (χ3v) is 5.81. The summed E-state index contributed by atoms with van der Waals surface area (Å²) in [7, 11) is -2.24. The molecule has 0 unspecified atom stereocenters. The molecule has 2 aromatic carbocycles. The average molecular weight is 347 g/mol. The van der Waals surface area contributed by atoms with E-state index in [4.69, 9.17) is 4.74 Å². The third-order valence-electron chi connectivity index (χ3n) is 4.41. The molecule has 24 heavy (non-hydrogen) atoms. The lowest BCUT2D eigenvalue weighted by Gasteiger charge is -2.29. The Morgan fingerprint density at radius 2 is 1.88 bits per heavy atom. The minimum atomic E-state index is -3.73. The normalized spacial score (nSPS) is 17.2. The second-order valence-electron chi connectivity index (χ2n) is 6.07. The molecule has 5 nitrogen and oxygen atoms in total. The number of sulfonamides is 1. The smallest absolute Gasteiger partial charge is 0.240 e. The van der Waals surface area contributed by atoms with E-state index in [1.54, 1.807) is 12.1 Å². The second-order valence-corrected chi connectivity index (χ2v) is 7.84. The van der Waals surface area contributed by atoms with Gasteiger partial charge in [-0.05, 0) is 36.5 Å². The van der Waals surface area contributed by atoms with Gasteiger partial charge < -0.3 is 9.84 Å². The van der Waals surface area contributed by atoms with Crippen molar-refractivity contribution in [2.24, 2.45) is 5.92 Å². The van der Waals surface area contributed by atoms with E-state index in [2.05, 4.69) is 4.72 Å². The summed E-state index contributed by atoms with van der Waals surface area (Å²) in [6, 6.07) is 15.5. The minimum absolute atomic E-state index is 0.0543. The standard InChI is InChI=1S/C18H21NO4S/c1-23-16-8-5-9-17(12-16)24(21,22)19-13-18(20,15-10-11-15)14-6-3-2-4-7-14/h2-9,12,15,19-20H,10-11,13H2,1H3/t18-/m1/s1. The maximum Gasteiger partial charge on any atom is 0.240 e. The van der Waals surface area contributed by atoms with Crippen molar-refractivity contribution in [3.05, 3.63) is 60.2 Å². The van der Waals surface area contributed by atoms with Gasteiger partial charge in [0.25, 0.3) is 0 Å². The molecule has 3 rings (SSSR count). The van der Waals surface area contributed by atoms with E-state index in [0.717, 1.165) is 18.4 Å². The zero-order valence-electron chi connectivity index (χ0n) is 13.5. The van der Waals surface area contributed by atoms with Crippen molar-refractivity contribution in [1.82, 2.24) is 4.72 Å². The quantitative estimate of drug-likeness (QED) is 0.806. The summed E-state index contributed by atoms with van der Waals surface area (Å²) >= 11 is 0. The van der Waals surface area contributed by atoms with Crippen LogP contribution in [0.3, 0.4) is 0 Å². The zero-order chi connectivity index (χ0) is 17.2. The van der Waals surface area contributed by atoms with Crippen molar-refractivity contribution >= 4 is 10.0 Å². The molecule has 0 aromatic heterocycles. The fourth-order valence-electron chi connectivity index (χ4n) is 2.83. The van der Waals surface area contributed by atoms with Gasteiger partial charge in [-0.25, -0.2) is 13.1 Å². The van der Waals surface area contributed by atoms with Crippen LogP contribution in [0, 0.1) is 5.92 Å². The van der Waals surface area contributed by atoms with Gasteiger partial charge >= 0.3 is 0 Å². The maximum atomic E-state index is 12.5. The molecule has 1 atom stereocenters. The first-order valence-corrected chi connectivity index (χ1v) is 9.36. The maximum absolute atomic E-state index is 12.5. The lowest BCUT2D eigenvalue weighted by atomic mass is 9.89. The van der Waals surface area contributed by atoms with Crippen LogP contribution in [0.2, 0.25) is 0 Å². The molecule has 0 amide bonds. The van der Waals surface area contributed by atoms with Gasteiger partial charge in [-0.1, -0.05) is 36.4 Å². The zero-order valence-corrected chi connectivity index (χ0v) is 14.3. The number of rotatable bonds is 7. The summed E-state index contributed by atoms with van der Waals surface area (Å²) in [6.07, 6.45) is 1.79. The highest BCUT2D eigenvalue weighted by Gasteiger charge is 2.45. The van der Waals surface area contributed by atoms with E-state index >= 15 is 0 Å². The van der Waals surface area contributed by atoms with Crippen LogP contribution in [0.5, 0.6) is 5.75 Å². The van der Waals surface area contributed by atoms with Crippen LogP contribution in [0.25, 0.3) is 0 Å². The Morgan fingerprint density at radius 3 is 2.50 bits per heavy atom. The first-order chi connectivity index (χ1) is 11.5. The molecule has 128 valence electrons. The number of hydrogen-bond donors (Lipinski definition) is 2. The number of benzene rings is 2. The fraction of sp³-hybridized carbons (Fsp3) is 0.333. The Labute approximate surface area is 142 Å². The summed E-state index contributed by atoms with van der Waals surface area (Å²) in [5.41, 5.74) is -0.450. The number of ether oxygens (including phenoxy) is 1. The Kier molecular flexibility index (Phi) is 4.62. The topological polar surface area (TPSA) is 75.6 Å². The average Bonchev–Trinajstić information content (AvgIpc) is 3.46. The lowest BCUT2D eigenvalue weighted by Crippen LogP contribution is -2.42. The Morgan fingerprint density at radius 1 is 1.17 bits per heavy atom. The van der Waals surface area contributed by atoms with Gasteiger partial charge in [-0.3, -0.25) is 0 Å². The molecule has 0 heterocycles. The molecule has 1 fully saturated rings. The molecule has 0 saturated heterocycles. The molecular weight excluding hydrogens is 326 g/mol. The summed E-state index contributed by atoms with van der Waals surface area (Å²) in [5, 5.41) is 11.1. The predicted octanol–water partition coefficient (Wildman–Crippen LogP) is 2.27. The van der Waals surface area contributed by atoms with Gasteiger partial charge in [-0.15, -0.1) is 0 Å². The van der Waals surface area contributed by atoms with Crippen LogP contribution in [0.1, 0.15) is 18.4 Å². The summed E-state index contributed by atoms with van der Waals surface area (Å²) < 4.78 is 32.7. The molecule has 1 aliphatic rings. The van der Waals surface area contributed by atoms with Crippen LogP contribution in [-0.4, -0.2) is 27.2 Å². The lowest BCUT2D eigenvalue weighted by molar-refractivity contribution is 0.0185. The Hall–Kier alpha value is -1.89. The number of hydrogen-bond acceptors (Lipinski definition) is 4. The van der Waals surface area contributed by atoms with Crippen LogP contribution in [0.15, 0.2) is 59.5 Å². The second kappa shape index (κ2) is 6.55. The molecule has 0 aliphatic heterocycles. The van der Waals surface area contributed by atoms with Crippen molar-refractivity contribution in [3.63, 3.8) is 0 Å². The molecule has 2 aromatic rings. The number of methoxy groups -OCH3 is 1. The first kappa shape index (κ1) is 17.0. The molecule has 2 N–H and O–H groups in total. The van der Waals surface area contributed by atoms with Crippen LogP contribution < -0.4 is 9.46 Å². The van der Waals surface area contributed by atoms with E-state index in [0.29, 0.717) is 5.75 Å². The Bertz CT molecular complexity index is 803. The molecule has 0 bridgehead atoms. The van der Waals surface area contributed by atoms with Crippen molar-refractivity contribution < 1.29 is 18.3 Å². The van der Waals surface area contributed by atoms with E-state index in [1.165, 1.54) is 19.2 Å². The van der Waals surface area contributed by atoms with Gasteiger partial charge in [-0.2, -0.15) is 0 Å². The highest BCUT2D eigenvalue weighted by atomic mass is 32.2. The van der Waals surface area contributed by atoms with Crippen LogP contribution >= 0.6 is 0 Å². The predicted molar refractivity (Wildman–Crippen MR) is 91.2 cm³/mol. The highest BCUT2D eigenvalue weighted by Crippen LogP contribution is 2.45. The summed E-state index contributed by atoms with van der Waals surface area (Å²) in [6.45, 7) is -0.0543. The van der Waals surface area contributed by atoms with Crippen molar-refractivity contribution in [2.75, 3.05) is 13.7 Å². The van der Waals surface area contributed by atoms with Crippen LogP contribution in [-0.2, 0) is 15.6 Å². The summed E-state index contributed by atoms with van der Waals surface area (Å²) in [5.74, 6) is 0.547. The third kappa shape index (κ3) is 3.45. The minimum Gasteiger partial charge on any atom is -0.497 e. The SMILES string of the molecule is COc1cccc(S(=O)(=O)NC[C@@](O)(c2ccccc2)C2CC2)c1. The monoisotopic (exact) mass is 347 g/mol. The van der Waals surface area contributed by atoms with Gasteiger partial charge in [0.15, 0.2) is 0 Å². The van der Waals surface area contributed by atoms with Crippen LogP contribution in [0.4, 0.5) is 0 Å². The number of nitrogens with one attached hydrogen (secondary N) is 1. The highest BCUT2D eigenvalue weighted by molar-refractivity contribution is 7.89. The van der Waals surface area contributed by atoms with Gasteiger partial charge in [0.1, 0.15) is 11.4 Å². The first-order valence-electron chi connectivity index (χ1n) is 7.87. The van der Waals surface area contributed by atoms with E-state index < -0.39 is 15.6 Å². The van der Waals surface area contributed by atoms with Crippen molar-refractivity contribution in [1.29, 1.82) is 0 Å². The number of aliphatic hydroxyl groups is 1. The summed E-state index contributed by atoms with van der Waals surface area (Å²) in [4.78, 5) is 0.119. The van der Waals surface area contributed by atoms with E-state index in [-0.39, 0.29) is 17.4 Å². The largest absolute Gasteiger partial charge is 0.497 e. The Balaban J connectivity index is 1.82. The van der Waals surface area contributed by atoms with Crippen molar-refractivity contribution in [3.8, 4) is 5.75 Å². The fourth-order valence-corrected chi connectivity index (χ4v) is 3.93. The van der Waals surface area contributed by atoms with Gasteiger partial charge in [0.05, 0.1) is 12.0 Å². The molecule has 6 heteroatoms. The van der Waals surface area contributed by atoms with E-state index in [1.807, 2.05) is 30.3 Å². The molecule has 1 aliphatic carbocycles. The molecule has 1 saturated carbocycles. The van der Waals surface area contributed by atoms with Crippen molar-refractivity contribution in [2.45, 2.75) is 23.3 Å². The van der Waals surface area contributed by atoms with Gasteiger partial charge in [0, 0.05) is 12.6 Å².